The van der Waals surface area contributed by atoms with Crippen LogP contribution >= 0.6 is 15.9 Å². The van der Waals surface area contributed by atoms with Crippen molar-refractivity contribution >= 4 is 26.7 Å². The lowest BCUT2D eigenvalue weighted by molar-refractivity contribution is 0.127. The zero-order valence-electron chi connectivity index (χ0n) is 16.7. The first kappa shape index (κ1) is 18.6. The highest BCUT2D eigenvalue weighted by atomic mass is 79.9. The first-order chi connectivity index (χ1) is 15.2. The molecular formula is C29H19BrO. The van der Waals surface area contributed by atoms with Crippen LogP contribution in [-0.4, -0.2) is 5.11 Å². The molecule has 5 aromatic carbocycles. The molecule has 1 N–H and O–H groups in total. The van der Waals surface area contributed by atoms with E-state index in [2.05, 4.69) is 88.7 Å². The lowest BCUT2D eigenvalue weighted by Crippen LogP contribution is -2.32. The molecule has 0 aromatic heterocycles. The van der Waals surface area contributed by atoms with Crippen molar-refractivity contribution in [3.8, 4) is 22.3 Å². The van der Waals surface area contributed by atoms with Gasteiger partial charge in [-0.05, 0) is 45.2 Å². The van der Waals surface area contributed by atoms with Crippen molar-refractivity contribution in [2.45, 2.75) is 5.60 Å². The predicted octanol–water partition coefficient (Wildman–Crippen LogP) is 7.53. The summed E-state index contributed by atoms with van der Waals surface area (Å²) in [5.74, 6) is 0. The van der Waals surface area contributed by atoms with E-state index in [0.29, 0.717) is 0 Å². The summed E-state index contributed by atoms with van der Waals surface area (Å²) in [7, 11) is 0. The Bertz CT molecular complexity index is 1450. The number of aliphatic hydroxyl groups is 1. The quantitative estimate of drug-likeness (QED) is 0.287. The lowest BCUT2D eigenvalue weighted by atomic mass is 9.69. The average molecular weight is 463 g/mol. The molecule has 0 aliphatic heterocycles. The van der Waals surface area contributed by atoms with Gasteiger partial charge in [0.05, 0.1) is 0 Å². The summed E-state index contributed by atoms with van der Waals surface area (Å²) in [6.07, 6.45) is 0. The number of halogens is 1. The van der Waals surface area contributed by atoms with Crippen molar-refractivity contribution in [2.24, 2.45) is 0 Å². The molecule has 0 spiro atoms. The molecule has 5 aromatic rings. The lowest BCUT2D eigenvalue weighted by Gasteiger charge is -2.38. The van der Waals surface area contributed by atoms with Gasteiger partial charge in [0, 0.05) is 21.2 Å². The summed E-state index contributed by atoms with van der Waals surface area (Å²) < 4.78 is 0.952. The van der Waals surface area contributed by atoms with E-state index in [4.69, 9.17) is 0 Å². The second-order valence-corrected chi connectivity index (χ2v) is 8.94. The molecule has 2 heteroatoms. The minimum absolute atomic E-state index is 0.891. The van der Waals surface area contributed by atoms with Crippen LogP contribution in [0.4, 0.5) is 0 Å². The van der Waals surface area contributed by atoms with Crippen LogP contribution in [0.3, 0.4) is 0 Å². The first-order valence-corrected chi connectivity index (χ1v) is 11.2. The highest BCUT2D eigenvalue weighted by molar-refractivity contribution is 9.10. The highest BCUT2D eigenvalue weighted by Crippen LogP contribution is 2.52. The molecular weight excluding hydrogens is 444 g/mol. The van der Waals surface area contributed by atoms with Gasteiger partial charge in [-0.2, -0.15) is 0 Å². The van der Waals surface area contributed by atoms with E-state index in [9.17, 15) is 5.11 Å². The van der Waals surface area contributed by atoms with Crippen molar-refractivity contribution in [1.82, 2.24) is 0 Å². The van der Waals surface area contributed by atoms with E-state index in [0.717, 1.165) is 54.2 Å². The van der Waals surface area contributed by atoms with Gasteiger partial charge in [-0.1, -0.05) is 113 Å². The zero-order chi connectivity index (χ0) is 21.0. The van der Waals surface area contributed by atoms with Crippen LogP contribution in [0.5, 0.6) is 0 Å². The first-order valence-electron chi connectivity index (χ1n) is 10.4. The number of hydrogen-bond donors (Lipinski definition) is 1. The van der Waals surface area contributed by atoms with Crippen LogP contribution in [-0.2, 0) is 5.60 Å². The molecule has 0 bridgehead atoms. The molecule has 0 heterocycles. The van der Waals surface area contributed by atoms with E-state index >= 15 is 0 Å². The minimum atomic E-state index is -1.28. The van der Waals surface area contributed by atoms with Crippen LogP contribution in [0.25, 0.3) is 33.0 Å². The molecule has 1 aliphatic carbocycles. The second-order valence-electron chi connectivity index (χ2n) is 8.02. The van der Waals surface area contributed by atoms with Crippen LogP contribution in [0.15, 0.2) is 114 Å². The largest absolute Gasteiger partial charge is 0.376 e. The Balaban J connectivity index is 1.78. The molecule has 1 atom stereocenters. The Morgan fingerprint density at radius 3 is 2.06 bits per heavy atom. The fraction of sp³-hybridized carbons (Fsp3) is 0.0345. The molecule has 0 saturated carbocycles. The molecule has 0 fully saturated rings. The zero-order valence-corrected chi connectivity index (χ0v) is 18.3. The summed E-state index contributed by atoms with van der Waals surface area (Å²) >= 11 is 3.64. The van der Waals surface area contributed by atoms with Gasteiger partial charge in [0.25, 0.3) is 0 Å². The molecule has 1 unspecified atom stereocenters. The fourth-order valence-corrected chi connectivity index (χ4v) is 5.38. The van der Waals surface area contributed by atoms with Crippen LogP contribution in [0, 0.1) is 0 Å². The SMILES string of the molecule is OC1(c2ccccc2-c2ccccc2)c2cc(Br)ccc2-c2cccc3cccc1c23. The Labute approximate surface area is 189 Å². The molecule has 0 amide bonds. The van der Waals surface area contributed by atoms with Crippen LogP contribution in [0.2, 0.25) is 0 Å². The van der Waals surface area contributed by atoms with Gasteiger partial charge in [0.15, 0.2) is 0 Å². The highest BCUT2D eigenvalue weighted by Gasteiger charge is 2.42. The monoisotopic (exact) mass is 462 g/mol. The van der Waals surface area contributed by atoms with Crippen molar-refractivity contribution in [3.63, 3.8) is 0 Å². The second kappa shape index (κ2) is 6.91. The Morgan fingerprint density at radius 2 is 1.23 bits per heavy atom. The number of fused-ring (bicyclic) bond motifs is 2. The van der Waals surface area contributed by atoms with Gasteiger partial charge in [0.2, 0.25) is 0 Å². The number of rotatable bonds is 2. The van der Waals surface area contributed by atoms with E-state index in [1.165, 1.54) is 0 Å². The van der Waals surface area contributed by atoms with E-state index in [-0.39, 0.29) is 0 Å². The van der Waals surface area contributed by atoms with Crippen LogP contribution in [0.1, 0.15) is 16.7 Å². The average Bonchev–Trinajstić information content (AvgIpc) is 2.83. The third-order valence-corrected chi connectivity index (χ3v) is 6.85. The number of benzene rings is 5. The van der Waals surface area contributed by atoms with Crippen molar-refractivity contribution in [1.29, 1.82) is 0 Å². The fourth-order valence-electron chi connectivity index (χ4n) is 5.02. The van der Waals surface area contributed by atoms with E-state index in [1.807, 2.05) is 36.4 Å². The third-order valence-electron chi connectivity index (χ3n) is 6.36. The topological polar surface area (TPSA) is 20.2 Å². The standard InChI is InChI=1S/C29H19BrO/c30-21-16-17-23-24-13-6-10-20-11-7-15-26(28(20)24)29(31,27(23)18-21)25-14-5-4-12-22(25)19-8-2-1-3-9-19/h1-18,31H. The Hall–Kier alpha value is -3.20. The maximum Gasteiger partial charge on any atom is 0.142 e. The van der Waals surface area contributed by atoms with Gasteiger partial charge in [0.1, 0.15) is 5.60 Å². The smallest absolute Gasteiger partial charge is 0.142 e. The summed E-state index contributed by atoms with van der Waals surface area (Å²) in [6, 6.07) is 37.3. The molecule has 0 saturated heterocycles. The summed E-state index contributed by atoms with van der Waals surface area (Å²) in [5, 5.41) is 15.0. The molecule has 148 valence electrons. The minimum Gasteiger partial charge on any atom is -0.376 e. The predicted molar refractivity (Wildman–Crippen MR) is 131 cm³/mol. The normalized spacial score (nSPS) is 16.8. The van der Waals surface area contributed by atoms with Gasteiger partial charge in [-0.25, -0.2) is 0 Å². The van der Waals surface area contributed by atoms with E-state index in [1.54, 1.807) is 0 Å². The van der Waals surface area contributed by atoms with Gasteiger partial charge in [-0.3, -0.25) is 0 Å². The molecule has 6 rings (SSSR count). The van der Waals surface area contributed by atoms with E-state index < -0.39 is 5.60 Å². The molecule has 0 radical (unpaired) electrons. The maximum absolute atomic E-state index is 12.7. The van der Waals surface area contributed by atoms with Crippen molar-refractivity contribution in [3.05, 3.63) is 130 Å². The Kier molecular flexibility index (Phi) is 4.14. The van der Waals surface area contributed by atoms with Gasteiger partial charge < -0.3 is 5.11 Å². The Morgan fingerprint density at radius 1 is 0.548 bits per heavy atom. The van der Waals surface area contributed by atoms with Crippen molar-refractivity contribution in [2.75, 3.05) is 0 Å². The molecule has 1 nitrogen and oxygen atoms in total. The maximum atomic E-state index is 12.7. The summed E-state index contributed by atoms with van der Waals surface area (Å²) in [5.41, 5.74) is 5.80. The summed E-state index contributed by atoms with van der Waals surface area (Å²) in [4.78, 5) is 0. The van der Waals surface area contributed by atoms with Crippen LogP contribution < -0.4 is 0 Å². The molecule has 1 aliphatic rings. The summed E-state index contributed by atoms with van der Waals surface area (Å²) in [6.45, 7) is 0. The molecule has 31 heavy (non-hydrogen) atoms. The van der Waals surface area contributed by atoms with Gasteiger partial charge in [-0.15, -0.1) is 0 Å². The van der Waals surface area contributed by atoms with Crippen molar-refractivity contribution < 1.29 is 5.11 Å². The van der Waals surface area contributed by atoms with Gasteiger partial charge >= 0.3 is 0 Å². The third kappa shape index (κ3) is 2.65. The number of hydrogen-bond acceptors (Lipinski definition) is 1.